The maximum atomic E-state index is 12.5. The zero-order valence-corrected chi connectivity index (χ0v) is 16.6. The van der Waals surface area contributed by atoms with Gasteiger partial charge in [0.25, 0.3) is 0 Å². The van der Waals surface area contributed by atoms with Crippen LogP contribution in [0.15, 0.2) is 72.8 Å². The second-order valence-corrected chi connectivity index (χ2v) is 7.04. The van der Waals surface area contributed by atoms with Crippen LogP contribution in [0.4, 0.5) is 0 Å². The van der Waals surface area contributed by atoms with Gasteiger partial charge in [0.1, 0.15) is 0 Å². The third kappa shape index (κ3) is 7.40. The Morgan fingerprint density at radius 3 is 2.30 bits per heavy atom. The molecule has 3 nitrogen and oxygen atoms in total. The number of benzene rings is 2. The summed E-state index contributed by atoms with van der Waals surface area (Å²) in [6.07, 6.45) is 5.08. The number of rotatable bonds is 10. The van der Waals surface area contributed by atoms with Crippen LogP contribution in [-0.2, 0) is 16.1 Å². The van der Waals surface area contributed by atoms with Crippen molar-refractivity contribution in [3.63, 3.8) is 0 Å². The Kier molecular flexibility index (Phi) is 8.79. The summed E-state index contributed by atoms with van der Waals surface area (Å²) in [5.74, 6) is 0.198. The predicted octanol–water partition coefficient (Wildman–Crippen LogP) is 5.30. The number of carbonyl (C=O) groups is 1. The maximum Gasteiger partial charge on any atom is 0.223 e. The summed E-state index contributed by atoms with van der Waals surface area (Å²) < 4.78 is 5.68. The number of hydrogen-bond donors (Lipinski definition) is 1. The third-order valence-corrected chi connectivity index (χ3v) is 4.84. The monoisotopic (exact) mass is 365 g/mol. The summed E-state index contributed by atoms with van der Waals surface area (Å²) in [4.78, 5) is 12.5. The predicted molar refractivity (Wildman–Crippen MR) is 111 cm³/mol. The Morgan fingerprint density at radius 1 is 1.00 bits per heavy atom. The molecule has 2 unspecified atom stereocenters. The quantitative estimate of drug-likeness (QED) is 0.458. The molecular weight excluding hydrogens is 334 g/mol. The van der Waals surface area contributed by atoms with Crippen LogP contribution in [-0.4, -0.2) is 12.5 Å². The van der Waals surface area contributed by atoms with Gasteiger partial charge in [-0.15, -0.1) is 0 Å². The molecule has 0 aromatic heterocycles. The summed E-state index contributed by atoms with van der Waals surface area (Å²) in [7, 11) is 0. The van der Waals surface area contributed by atoms with E-state index in [0.717, 1.165) is 12.0 Å². The molecular formula is C24H31NO2. The highest BCUT2D eigenvalue weighted by atomic mass is 16.5. The molecule has 0 bridgehead atoms. The van der Waals surface area contributed by atoms with Crippen LogP contribution in [0.3, 0.4) is 0 Å². The van der Waals surface area contributed by atoms with Crippen LogP contribution in [0.5, 0.6) is 0 Å². The number of hydrogen-bond acceptors (Lipinski definition) is 2. The van der Waals surface area contributed by atoms with Gasteiger partial charge in [-0.2, -0.15) is 0 Å². The van der Waals surface area contributed by atoms with Gasteiger partial charge >= 0.3 is 0 Å². The fourth-order valence-electron chi connectivity index (χ4n) is 2.80. The second kappa shape index (κ2) is 11.3. The molecule has 2 rings (SSSR count). The molecule has 0 aliphatic rings. The molecule has 2 aromatic carbocycles. The van der Waals surface area contributed by atoms with Gasteiger partial charge in [-0.1, -0.05) is 86.7 Å². The molecule has 144 valence electrons. The molecule has 0 saturated carbocycles. The normalized spacial score (nSPS) is 14.6. The minimum Gasteiger partial charge on any atom is -0.376 e. The first kappa shape index (κ1) is 20.9. The van der Waals surface area contributed by atoms with E-state index in [1.165, 1.54) is 5.56 Å². The highest BCUT2D eigenvalue weighted by Crippen LogP contribution is 2.17. The average Bonchev–Trinajstić information content (AvgIpc) is 2.71. The lowest BCUT2D eigenvalue weighted by molar-refractivity contribution is -0.126. The van der Waals surface area contributed by atoms with Gasteiger partial charge in [0, 0.05) is 5.92 Å². The van der Waals surface area contributed by atoms with Crippen molar-refractivity contribution in [2.75, 3.05) is 6.61 Å². The summed E-state index contributed by atoms with van der Waals surface area (Å²) in [5, 5.41) is 3.11. The molecule has 3 atom stereocenters. The Balaban J connectivity index is 1.68. The minimum absolute atomic E-state index is 0.0173. The lowest BCUT2D eigenvalue weighted by Gasteiger charge is -2.20. The topological polar surface area (TPSA) is 38.3 Å². The zero-order chi connectivity index (χ0) is 19.5. The fourth-order valence-corrected chi connectivity index (χ4v) is 2.80. The minimum atomic E-state index is -0.0716. The number of amides is 1. The third-order valence-electron chi connectivity index (χ3n) is 4.84. The van der Waals surface area contributed by atoms with Crippen molar-refractivity contribution in [3.05, 3.63) is 83.9 Å². The molecule has 3 heteroatoms. The summed E-state index contributed by atoms with van der Waals surface area (Å²) >= 11 is 0. The number of nitrogens with one attached hydrogen (secondary N) is 1. The van der Waals surface area contributed by atoms with Crippen molar-refractivity contribution < 1.29 is 9.53 Å². The molecule has 1 amide bonds. The first-order valence-electron chi connectivity index (χ1n) is 9.71. The molecule has 0 aliphatic heterocycles. The van der Waals surface area contributed by atoms with E-state index in [4.69, 9.17) is 4.74 Å². The first-order chi connectivity index (χ1) is 13.1. The molecule has 0 heterocycles. The van der Waals surface area contributed by atoms with Crippen molar-refractivity contribution in [2.24, 2.45) is 11.8 Å². The maximum absolute atomic E-state index is 12.5. The van der Waals surface area contributed by atoms with E-state index < -0.39 is 0 Å². The molecule has 0 aliphatic carbocycles. The Labute approximate surface area is 163 Å². The van der Waals surface area contributed by atoms with E-state index >= 15 is 0 Å². The number of carbonyl (C=O) groups excluding carboxylic acids is 1. The number of allylic oxidation sites excluding steroid dienone is 1. The molecule has 0 radical (unpaired) electrons. The van der Waals surface area contributed by atoms with Gasteiger partial charge in [-0.05, 0) is 30.4 Å². The van der Waals surface area contributed by atoms with Crippen molar-refractivity contribution in [1.29, 1.82) is 0 Å². The Hall–Kier alpha value is -2.39. The largest absolute Gasteiger partial charge is 0.376 e. The van der Waals surface area contributed by atoms with E-state index in [9.17, 15) is 4.79 Å². The van der Waals surface area contributed by atoms with Gasteiger partial charge < -0.3 is 10.1 Å². The van der Waals surface area contributed by atoms with E-state index in [1.54, 1.807) is 0 Å². The molecule has 0 fully saturated rings. The fraction of sp³-hybridized carbons (Fsp3) is 0.375. The smallest absolute Gasteiger partial charge is 0.223 e. The molecule has 27 heavy (non-hydrogen) atoms. The van der Waals surface area contributed by atoms with Crippen LogP contribution >= 0.6 is 0 Å². The average molecular weight is 366 g/mol. The molecule has 2 aromatic rings. The van der Waals surface area contributed by atoms with Crippen LogP contribution in [0.2, 0.25) is 0 Å². The van der Waals surface area contributed by atoms with Crippen molar-refractivity contribution in [1.82, 2.24) is 5.32 Å². The van der Waals surface area contributed by atoms with Crippen LogP contribution < -0.4 is 5.32 Å². The van der Waals surface area contributed by atoms with Gasteiger partial charge in [0.2, 0.25) is 5.91 Å². The van der Waals surface area contributed by atoms with Gasteiger partial charge in [-0.3, -0.25) is 4.79 Å². The van der Waals surface area contributed by atoms with E-state index in [1.807, 2.05) is 62.4 Å². The Morgan fingerprint density at radius 2 is 1.63 bits per heavy atom. The van der Waals surface area contributed by atoms with Gasteiger partial charge in [0.05, 0.1) is 19.3 Å². The van der Waals surface area contributed by atoms with E-state index in [2.05, 4.69) is 36.5 Å². The molecule has 1 N–H and O–H groups in total. The summed E-state index contributed by atoms with van der Waals surface area (Å²) in [6, 6.07) is 20.2. The molecule has 0 spiro atoms. The first-order valence-corrected chi connectivity index (χ1v) is 9.71. The zero-order valence-electron chi connectivity index (χ0n) is 16.6. The Bertz CT molecular complexity index is 697. The standard InChI is InChI=1S/C24H31NO2/c1-19(12-10-11-17-27-18-22-13-6-4-7-14-22)20(2)24(26)25-21(3)23-15-8-5-9-16-23/h4-10,12-16,19-21H,11,17-18H2,1-3H3,(H,25,26)/t19?,20?,21-/m1/s1. The van der Waals surface area contributed by atoms with E-state index in [-0.39, 0.29) is 23.8 Å². The SMILES string of the molecule is CC(C=CCCOCc1ccccc1)C(C)C(=O)N[C@H](C)c1ccccc1. The van der Waals surface area contributed by atoms with Crippen molar-refractivity contribution in [2.45, 2.75) is 39.8 Å². The highest BCUT2D eigenvalue weighted by Gasteiger charge is 2.20. The van der Waals surface area contributed by atoms with E-state index in [0.29, 0.717) is 13.2 Å². The lowest BCUT2D eigenvalue weighted by Crippen LogP contribution is -2.34. The van der Waals surface area contributed by atoms with Crippen molar-refractivity contribution in [3.8, 4) is 0 Å². The molecule has 0 saturated heterocycles. The summed E-state index contributed by atoms with van der Waals surface area (Å²) in [6.45, 7) is 7.40. The second-order valence-electron chi connectivity index (χ2n) is 7.04. The summed E-state index contributed by atoms with van der Waals surface area (Å²) in [5.41, 5.74) is 2.31. The van der Waals surface area contributed by atoms with Crippen LogP contribution in [0.25, 0.3) is 0 Å². The highest BCUT2D eigenvalue weighted by molar-refractivity contribution is 5.79. The van der Waals surface area contributed by atoms with Crippen molar-refractivity contribution >= 4 is 5.91 Å². The van der Waals surface area contributed by atoms with Gasteiger partial charge in [0.15, 0.2) is 0 Å². The van der Waals surface area contributed by atoms with Gasteiger partial charge in [-0.25, -0.2) is 0 Å². The van der Waals surface area contributed by atoms with Crippen LogP contribution in [0.1, 0.15) is 44.4 Å². The van der Waals surface area contributed by atoms with Crippen LogP contribution in [0, 0.1) is 11.8 Å². The number of ether oxygens (including phenoxy) is 1. The lowest BCUT2D eigenvalue weighted by atomic mass is 9.94.